The van der Waals surface area contributed by atoms with Crippen LogP contribution in [0.25, 0.3) is 0 Å². The van der Waals surface area contributed by atoms with Crippen molar-refractivity contribution < 1.29 is 4.79 Å². The van der Waals surface area contributed by atoms with Gasteiger partial charge in [-0.1, -0.05) is 23.9 Å². The van der Waals surface area contributed by atoms with Crippen molar-refractivity contribution in [3.05, 3.63) is 68.7 Å². The molecule has 1 aromatic heterocycles. The number of amides is 1. The maximum atomic E-state index is 12.3. The molecule has 0 saturated carbocycles. The third kappa shape index (κ3) is 4.33. The third-order valence-electron chi connectivity index (χ3n) is 3.03. The number of nitrogens with one attached hydrogen (secondary N) is 1. The van der Waals surface area contributed by atoms with Gasteiger partial charge in [0.15, 0.2) is 4.34 Å². The van der Waals surface area contributed by atoms with E-state index in [9.17, 15) is 4.79 Å². The summed E-state index contributed by atoms with van der Waals surface area (Å²) in [7, 11) is 0. The van der Waals surface area contributed by atoms with Crippen LogP contribution in [0.5, 0.6) is 0 Å². The summed E-state index contributed by atoms with van der Waals surface area (Å²) >= 11 is 5.44. The highest BCUT2D eigenvalue weighted by Gasteiger charge is 2.09. The molecule has 0 aliphatic carbocycles. The van der Waals surface area contributed by atoms with Gasteiger partial charge < -0.3 is 5.32 Å². The van der Waals surface area contributed by atoms with Gasteiger partial charge >= 0.3 is 0 Å². The van der Waals surface area contributed by atoms with Crippen LogP contribution < -0.4 is 5.32 Å². The van der Waals surface area contributed by atoms with Gasteiger partial charge in [-0.15, -0.1) is 11.3 Å². The number of hydrogen-bond acceptors (Lipinski definition) is 4. The van der Waals surface area contributed by atoms with Crippen LogP contribution in [0, 0.1) is 10.5 Å². The van der Waals surface area contributed by atoms with Crippen LogP contribution in [-0.4, -0.2) is 10.9 Å². The first-order valence-electron chi connectivity index (χ1n) is 6.88. The highest BCUT2D eigenvalue weighted by Crippen LogP contribution is 2.30. The second-order valence-electron chi connectivity index (χ2n) is 4.82. The molecule has 0 fully saturated rings. The lowest BCUT2D eigenvalue weighted by molar-refractivity contribution is 0.102. The highest BCUT2D eigenvalue weighted by atomic mass is 127. The van der Waals surface area contributed by atoms with E-state index in [0.29, 0.717) is 5.56 Å². The van der Waals surface area contributed by atoms with Gasteiger partial charge in [0.25, 0.3) is 5.91 Å². The zero-order valence-corrected chi connectivity index (χ0v) is 16.0. The molecule has 23 heavy (non-hydrogen) atoms. The largest absolute Gasteiger partial charge is 0.322 e. The number of halogens is 1. The van der Waals surface area contributed by atoms with Crippen molar-refractivity contribution in [1.82, 2.24) is 4.98 Å². The molecule has 0 aliphatic rings. The molecule has 3 aromatic rings. The minimum atomic E-state index is -0.0917. The summed E-state index contributed by atoms with van der Waals surface area (Å²) in [5.41, 5.74) is 2.51. The number of benzene rings is 2. The van der Waals surface area contributed by atoms with E-state index < -0.39 is 0 Å². The van der Waals surface area contributed by atoms with Crippen LogP contribution in [0.3, 0.4) is 0 Å². The van der Waals surface area contributed by atoms with Crippen LogP contribution in [-0.2, 0) is 0 Å². The van der Waals surface area contributed by atoms with Gasteiger partial charge in [-0.2, -0.15) is 0 Å². The van der Waals surface area contributed by atoms with Gasteiger partial charge in [-0.25, -0.2) is 4.98 Å². The molecule has 1 N–H and O–H groups in total. The van der Waals surface area contributed by atoms with Crippen molar-refractivity contribution in [2.75, 3.05) is 5.32 Å². The van der Waals surface area contributed by atoms with Crippen LogP contribution >= 0.6 is 45.7 Å². The maximum Gasteiger partial charge on any atom is 0.256 e. The van der Waals surface area contributed by atoms with E-state index in [1.165, 1.54) is 0 Å². The lowest BCUT2D eigenvalue weighted by Crippen LogP contribution is -2.13. The summed E-state index contributed by atoms with van der Waals surface area (Å²) in [4.78, 5) is 17.8. The quantitative estimate of drug-likeness (QED) is 0.535. The number of rotatable bonds is 4. The number of nitrogens with zero attached hydrogens (tertiary/aromatic N) is 1. The number of carbonyl (C=O) groups is 1. The third-order valence-corrected chi connectivity index (χ3v) is 6.04. The minimum Gasteiger partial charge on any atom is -0.322 e. The number of aromatic nitrogens is 1. The van der Waals surface area contributed by atoms with Crippen molar-refractivity contribution in [2.45, 2.75) is 16.2 Å². The monoisotopic (exact) mass is 452 g/mol. The smallest absolute Gasteiger partial charge is 0.256 e. The second kappa shape index (κ2) is 7.46. The first-order chi connectivity index (χ1) is 11.1. The predicted octanol–water partition coefficient (Wildman–Crippen LogP) is 5.46. The fourth-order valence-corrected chi connectivity index (χ4v) is 4.37. The average molecular weight is 452 g/mol. The summed E-state index contributed by atoms with van der Waals surface area (Å²) in [6.07, 6.45) is 0. The Kier molecular flexibility index (Phi) is 5.34. The van der Waals surface area contributed by atoms with Gasteiger partial charge in [-0.05, 0) is 65.9 Å². The Bertz CT molecular complexity index is 831. The molecular formula is C17H13IN2OS2. The van der Waals surface area contributed by atoms with Crippen molar-refractivity contribution >= 4 is 57.3 Å². The molecule has 0 atom stereocenters. The maximum absolute atomic E-state index is 12.3. The van der Waals surface area contributed by atoms with Crippen molar-refractivity contribution in [3.8, 4) is 0 Å². The van der Waals surface area contributed by atoms with Crippen molar-refractivity contribution in [1.29, 1.82) is 0 Å². The van der Waals surface area contributed by atoms with Gasteiger partial charge in [0.2, 0.25) is 0 Å². The molecule has 3 nitrogen and oxygen atoms in total. The Morgan fingerprint density at radius 2 is 1.91 bits per heavy atom. The standard InChI is InChI=1S/C17H13IN2OS2/c1-11-10-22-17(19-11)23-13-8-6-12(7-9-13)20-16(21)14-4-2-3-5-15(14)18/h2-10H,1H3,(H,20,21). The zero-order valence-electron chi connectivity index (χ0n) is 12.2. The Labute approximate surface area is 156 Å². The highest BCUT2D eigenvalue weighted by molar-refractivity contribution is 14.1. The Hall–Kier alpha value is -1.38. The predicted molar refractivity (Wildman–Crippen MR) is 105 cm³/mol. The van der Waals surface area contributed by atoms with Crippen molar-refractivity contribution in [2.24, 2.45) is 0 Å². The van der Waals surface area contributed by atoms with Crippen LogP contribution in [0.15, 0.2) is 63.1 Å². The number of carbonyl (C=O) groups excluding carboxylic acids is 1. The summed E-state index contributed by atoms with van der Waals surface area (Å²) in [6.45, 7) is 1.99. The molecule has 2 aromatic carbocycles. The molecule has 6 heteroatoms. The van der Waals surface area contributed by atoms with E-state index in [2.05, 4.69) is 32.9 Å². The SMILES string of the molecule is Cc1csc(Sc2ccc(NC(=O)c3ccccc3I)cc2)n1. The van der Waals surface area contributed by atoms with Gasteiger partial charge in [0.05, 0.1) is 5.56 Å². The fourth-order valence-electron chi connectivity index (χ4n) is 1.93. The first kappa shape index (κ1) is 16.5. The molecule has 0 unspecified atom stereocenters. The lowest BCUT2D eigenvalue weighted by Gasteiger charge is -2.07. The average Bonchev–Trinajstić information content (AvgIpc) is 2.95. The molecule has 116 valence electrons. The van der Waals surface area contributed by atoms with Crippen LogP contribution in [0.4, 0.5) is 5.69 Å². The van der Waals surface area contributed by atoms with E-state index in [-0.39, 0.29) is 5.91 Å². The van der Waals surface area contributed by atoms with Crippen molar-refractivity contribution in [3.63, 3.8) is 0 Å². The van der Waals surface area contributed by atoms with E-state index >= 15 is 0 Å². The van der Waals surface area contributed by atoms with E-state index in [0.717, 1.165) is 24.2 Å². The Morgan fingerprint density at radius 1 is 1.17 bits per heavy atom. The summed E-state index contributed by atoms with van der Waals surface area (Å²) in [6, 6.07) is 15.3. The van der Waals surface area contributed by atoms with Crippen LogP contribution in [0.2, 0.25) is 0 Å². The molecular weight excluding hydrogens is 439 g/mol. The summed E-state index contributed by atoms with van der Waals surface area (Å²) < 4.78 is 1.96. The van der Waals surface area contributed by atoms with E-state index in [1.807, 2.05) is 60.8 Å². The Balaban J connectivity index is 1.68. The second-order valence-corrected chi connectivity index (χ2v) is 8.16. The van der Waals surface area contributed by atoms with Gasteiger partial charge in [-0.3, -0.25) is 4.79 Å². The molecule has 0 aliphatic heterocycles. The molecule has 1 amide bonds. The molecule has 0 saturated heterocycles. The number of anilines is 1. The fraction of sp³-hybridized carbons (Fsp3) is 0.0588. The first-order valence-corrected chi connectivity index (χ1v) is 9.65. The molecule has 0 bridgehead atoms. The number of thiazole rings is 1. The molecule has 0 spiro atoms. The minimum absolute atomic E-state index is 0.0917. The van der Waals surface area contributed by atoms with E-state index in [1.54, 1.807) is 23.1 Å². The Morgan fingerprint density at radius 3 is 2.57 bits per heavy atom. The summed E-state index contributed by atoms with van der Waals surface area (Å²) in [5.74, 6) is -0.0917. The van der Waals surface area contributed by atoms with Gasteiger partial charge in [0.1, 0.15) is 0 Å². The topological polar surface area (TPSA) is 42.0 Å². The zero-order chi connectivity index (χ0) is 16.2. The molecule has 0 radical (unpaired) electrons. The molecule has 1 heterocycles. The summed E-state index contributed by atoms with van der Waals surface area (Å²) in [5, 5.41) is 4.97. The van der Waals surface area contributed by atoms with E-state index in [4.69, 9.17) is 0 Å². The number of hydrogen-bond donors (Lipinski definition) is 1. The lowest BCUT2D eigenvalue weighted by atomic mass is 10.2. The van der Waals surface area contributed by atoms with Crippen LogP contribution in [0.1, 0.15) is 16.1 Å². The number of aryl methyl sites for hydroxylation is 1. The molecule has 3 rings (SSSR count). The normalized spacial score (nSPS) is 10.5. The van der Waals surface area contributed by atoms with Gasteiger partial charge in [0, 0.05) is 25.2 Å².